The molecule has 0 radical (unpaired) electrons. The van der Waals surface area contributed by atoms with E-state index in [1.54, 1.807) is 11.8 Å². The zero-order valence-corrected chi connectivity index (χ0v) is 14.7. The van der Waals surface area contributed by atoms with E-state index < -0.39 is 0 Å². The molecule has 5 heteroatoms. The van der Waals surface area contributed by atoms with E-state index in [9.17, 15) is 4.79 Å². The third-order valence-electron chi connectivity index (χ3n) is 4.94. The van der Waals surface area contributed by atoms with Gasteiger partial charge < -0.3 is 14.7 Å². The van der Waals surface area contributed by atoms with Crippen molar-refractivity contribution in [2.75, 3.05) is 59.1 Å². The molecule has 0 aromatic heterocycles. The molecule has 0 spiro atoms. The van der Waals surface area contributed by atoms with E-state index in [0.717, 1.165) is 19.0 Å². The minimum absolute atomic E-state index is 0.356. The van der Waals surface area contributed by atoms with Crippen LogP contribution in [0.25, 0.3) is 0 Å². The van der Waals surface area contributed by atoms with Crippen molar-refractivity contribution in [3.63, 3.8) is 0 Å². The van der Waals surface area contributed by atoms with Crippen LogP contribution in [0.4, 0.5) is 0 Å². The van der Waals surface area contributed by atoms with Crippen molar-refractivity contribution in [2.45, 2.75) is 31.4 Å². The molecule has 0 aromatic carbocycles. The largest absolute Gasteiger partial charge is 0.343 e. The maximum Gasteiger partial charge on any atom is 0.223 e. The summed E-state index contributed by atoms with van der Waals surface area (Å²) in [7, 11) is 2.21. The van der Waals surface area contributed by atoms with Crippen LogP contribution in [0.15, 0.2) is 0 Å². The quantitative estimate of drug-likeness (QED) is 0.770. The highest BCUT2D eigenvalue weighted by atomic mass is 32.2. The second-order valence-corrected chi connectivity index (χ2v) is 7.95. The zero-order chi connectivity index (χ0) is 15.2. The number of nitrogens with zero attached hydrogens (tertiary/aromatic N) is 3. The van der Waals surface area contributed by atoms with Gasteiger partial charge in [-0.2, -0.15) is 11.8 Å². The normalized spacial score (nSPS) is 24.2. The van der Waals surface area contributed by atoms with Crippen LogP contribution in [0, 0.1) is 5.92 Å². The highest BCUT2D eigenvalue weighted by Gasteiger charge is 2.25. The first-order valence-corrected chi connectivity index (χ1v) is 9.58. The standard InChI is InChI=1S/C16H31N3OS/c1-14(21-3)12-16(20)19-6-4-15(5-7-19)13-18-10-8-17(2)9-11-18/h14-15H,4-13H2,1-3H3/t14-/m1/s1. The van der Waals surface area contributed by atoms with Crippen molar-refractivity contribution in [2.24, 2.45) is 5.92 Å². The van der Waals surface area contributed by atoms with Gasteiger partial charge in [-0.25, -0.2) is 0 Å². The molecule has 21 heavy (non-hydrogen) atoms. The summed E-state index contributed by atoms with van der Waals surface area (Å²) in [5.74, 6) is 1.14. The number of hydrogen-bond donors (Lipinski definition) is 0. The summed E-state index contributed by atoms with van der Waals surface area (Å²) >= 11 is 1.78. The second kappa shape index (κ2) is 8.39. The van der Waals surface area contributed by atoms with E-state index >= 15 is 0 Å². The molecule has 2 heterocycles. The smallest absolute Gasteiger partial charge is 0.223 e. The number of piperidine rings is 1. The number of likely N-dealkylation sites (N-methyl/N-ethyl adjacent to an activating group) is 1. The molecule has 0 bridgehead atoms. The number of carbonyl (C=O) groups excluding carboxylic acids is 1. The third-order valence-corrected chi connectivity index (χ3v) is 5.92. The molecule has 2 fully saturated rings. The van der Waals surface area contributed by atoms with Crippen LogP contribution in [0.3, 0.4) is 0 Å². The zero-order valence-electron chi connectivity index (χ0n) is 13.9. The van der Waals surface area contributed by atoms with E-state index in [1.165, 1.54) is 45.6 Å². The number of thioether (sulfide) groups is 1. The molecule has 0 aliphatic carbocycles. The molecule has 1 amide bonds. The van der Waals surface area contributed by atoms with Crippen LogP contribution in [-0.4, -0.2) is 85.0 Å². The van der Waals surface area contributed by atoms with Gasteiger partial charge >= 0.3 is 0 Å². The first-order chi connectivity index (χ1) is 10.1. The van der Waals surface area contributed by atoms with Crippen molar-refractivity contribution in [3.8, 4) is 0 Å². The molecule has 2 aliphatic heterocycles. The average Bonchev–Trinajstić information content (AvgIpc) is 2.50. The fourth-order valence-electron chi connectivity index (χ4n) is 3.22. The summed E-state index contributed by atoms with van der Waals surface area (Å²) in [5.41, 5.74) is 0. The van der Waals surface area contributed by atoms with Gasteiger partial charge in [0, 0.05) is 57.5 Å². The van der Waals surface area contributed by atoms with Crippen LogP contribution in [0.5, 0.6) is 0 Å². The van der Waals surface area contributed by atoms with Crippen molar-refractivity contribution < 1.29 is 4.79 Å². The lowest BCUT2D eigenvalue weighted by molar-refractivity contribution is -0.132. The highest BCUT2D eigenvalue weighted by molar-refractivity contribution is 7.99. The first-order valence-electron chi connectivity index (χ1n) is 8.30. The molecule has 0 unspecified atom stereocenters. The monoisotopic (exact) mass is 313 g/mol. The van der Waals surface area contributed by atoms with Gasteiger partial charge in [0.25, 0.3) is 0 Å². The molecule has 0 saturated carbocycles. The Morgan fingerprint density at radius 2 is 1.76 bits per heavy atom. The van der Waals surface area contributed by atoms with Gasteiger partial charge in [0.2, 0.25) is 5.91 Å². The number of carbonyl (C=O) groups is 1. The van der Waals surface area contributed by atoms with Gasteiger partial charge in [-0.3, -0.25) is 4.79 Å². The molecule has 4 nitrogen and oxygen atoms in total. The lowest BCUT2D eigenvalue weighted by Crippen LogP contribution is -2.48. The fourth-order valence-corrected chi connectivity index (χ4v) is 3.53. The van der Waals surface area contributed by atoms with Crippen LogP contribution >= 0.6 is 11.8 Å². The maximum atomic E-state index is 12.2. The van der Waals surface area contributed by atoms with Crippen molar-refractivity contribution in [1.29, 1.82) is 0 Å². The van der Waals surface area contributed by atoms with Crippen molar-refractivity contribution in [1.82, 2.24) is 14.7 Å². The van der Waals surface area contributed by atoms with Gasteiger partial charge in [0.05, 0.1) is 0 Å². The summed E-state index contributed by atoms with van der Waals surface area (Å²) in [5, 5.41) is 0.445. The molecular formula is C16H31N3OS. The Morgan fingerprint density at radius 1 is 1.14 bits per heavy atom. The van der Waals surface area contributed by atoms with Crippen LogP contribution in [0.2, 0.25) is 0 Å². The van der Waals surface area contributed by atoms with E-state index in [1.807, 2.05) is 0 Å². The SMILES string of the molecule is CS[C@H](C)CC(=O)N1CCC(CN2CCN(C)CC2)CC1. The Balaban J connectivity index is 1.67. The van der Waals surface area contributed by atoms with E-state index in [4.69, 9.17) is 0 Å². The summed E-state index contributed by atoms with van der Waals surface area (Å²) in [6.07, 6.45) is 5.15. The topological polar surface area (TPSA) is 26.8 Å². The van der Waals surface area contributed by atoms with E-state index in [0.29, 0.717) is 17.6 Å². The number of likely N-dealkylation sites (tertiary alicyclic amines) is 1. The first kappa shape index (κ1) is 17.1. The number of rotatable bonds is 5. The van der Waals surface area contributed by atoms with Crippen molar-refractivity contribution in [3.05, 3.63) is 0 Å². The van der Waals surface area contributed by atoms with Crippen LogP contribution in [0.1, 0.15) is 26.2 Å². The van der Waals surface area contributed by atoms with Gasteiger partial charge in [0.15, 0.2) is 0 Å². The fraction of sp³-hybridized carbons (Fsp3) is 0.938. The van der Waals surface area contributed by atoms with Gasteiger partial charge in [-0.1, -0.05) is 6.92 Å². The minimum atomic E-state index is 0.356. The Bertz CT molecular complexity index is 323. The third kappa shape index (κ3) is 5.46. The summed E-state index contributed by atoms with van der Waals surface area (Å²) in [4.78, 5) is 19.3. The second-order valence-electron chi connectivity index (χ2n) is 6.68. The number of hydrogen-bond acceptors (Lipinski definition) is 4. The summed E-state index contributed by atoms with van der Waals surface area (Å²) < 4.78 is 0. The Morgan fingerprint density at radius 3 is 2.33 bits per heavy atom. The average molecular weight is 314 g/mol. The lowest BCUT2D eigenvalue weighted by atomic mass is 9.95. The van der Waals surface area contributed by atoms with Gasteiger partial charge in [0.1, 0.15) is 0 Å². The summed E-state index contributed by atoms with van der Waals surface area (Å²) in [6.45, 7) is 10.1. The highest BCUT2D eigenvalue weighted by Crippen LogP contribution is 2.21. The molecule has 0 N–H and O–H groups in total. The molecule has 2 rings (SSSR count). The molecule has 1 atom stereocenters. The molecule has 122 valence electrons. The van der Waals surface area contributed by atoms with Gasteiger partial charge in [-0.05, 0) is 32.1 Å². The molecule has 2 saturated heterocycles. The van der Waals surface area contributed by atoms with Crippen molar-refractivity contribution >= 4 is 17.7 Å². The summed E-state index contributed by atoms with van der Waals surface area (Å²) in [6, 6.07) is 0. The molecular weight excluding hydrogens is 282 g/mol. The van der Waals surface area contributed by atoms with Gasteiger partial charge in [-0.15, -0.1) is 0 Å². The van der Waals surface area contributed by atoms with Crippen LogP contribution < -0.4 is 0 Å². The molecule has 2 aliphatic rings. The predicted octanol–water partition coefficient (Wildman–Crippen LogP) is 1.61. The Labute approximate surface area is 134 Å². The minimum Gasteiger partial charge on any atom is -0.343 e. The lowest BCUT2D eigenvalue weighted by Gasteiger charge is -2.38. The van der Waals surface area contributed by atoms with Crippen LogP contribution in [-0.2, 0) is 4.79 Å². The Kier molecular flexibility index (Phi) is 6.83. The maximum absolute atomic E-state index is 12.2. The predicted molar refractivity (Wildman–Crippen MR) is 90.8 cm³/mol. The Hall–Kier alpha value is -0.260. The molecule has 0 aromatic rings. The number of amides is 1. The van der Waals surface area contributed by atoms with E-state index in [2.05, 4.69) is 34.9 Å². The van der Waals surface area contributed by atoms with E-state index in [-0.39, 0.29) is 0 Å². The number of piperazine rings is 1.